The zero-order valence-electron chi connectivity index (χ0n) is 16.9. The molecular formula is C21H29F3N2O2. The summed E-state index contributed by atoms with van der Waals surface area (Å²) in [5.41, 5.74) is 0.856. The Hall–Kier alpha value is -1.60. The SMILES string of the molecule is CC(C)(C)c1cc2c(c([C@@H]3CCCN3)c1)CN(C(=O)[C@@](C)(O)C(F)(F)F)CC2. The lowest BCUT2D eigenvalue weighted by Crippen LogP contribution is -2.56. The Morgan fingerprint density at radius 2 is 1.89 bits per heavy atom. The van der Waals surface area contributed by atoms with Gasteiger partial charge >= 0.3 is 6.18 Å². The van der Waals surface area contributed by atoms with Crippen LogP contribution in [0.25, 0.3) is 0 Å². The molecule has 0 saturated carbocycles. The summed E-state index contributed by atoms with van der Waals surface area (Å²) in [6.45, 7) is 8.12. The molecule has 2 aliphatic heterocycles. The van der Waals surface area contributed by atoms with Gasteiger partial charge in [0.05, 0.1) is 0 Å². The average molecular weight is 398 g/mol. The van der Waals surface area contributed by atoms with Crippen LogP contribution in [0, 0.1) is 0 Å². The molecule has 2 N–H and O–H groups in total. The van der Waals surface area contributed by atoms with Crippen molar-refractivity contribution in [2.24, 2.45) is 0 Å². The highest BCUT2D eigenvalue weighted by molar-refractivity contribution is 5.85. The molecule has 2 aliphatic rings. The predicted molar refractivity (Wildman–Crippen MR) is 101 cm³/mol. The standard InChI is InChI=1S/C21H29F3N2O2/c1-19(2,3)14-10-13-7-9-26(18(27)20(4,28)21(22,23)24)12-16(13)15(11-14)17-6-5-8-25-17/h10-11,17,25,28H,5-9,12H2,1-4H3/t17-,20+/m0/s1. The Kier molecular flexibility index (Phi) is 5.30. The number of carbonyl (C=O) groups is 1. The van der Waals surface area contributed by atoms with Crippen LogP contribution in [0.3, 0.4) is 0 Å². The molecule has 28 heavy (non-hydrogen) atoms. The highest BCUT2D eigenvalue weighted by Gasteiger charge is 2.57. The fourth-order valence-corrected chi connectivity index (χ4v) is 3.99. The second-order valence-electron chi connectivity index (χ2n) is 9.15. The first-order chi connectivity index (χ1) is 12.8. The molecule has 1 aromatic carbocycles. The normalized spacial score (nSPS) is 22.7. The molecule has 1 fully saturated rings. The zero-order chi connectivity index (χ0) is 20.9. The average Bonchev–Trinajstić information content (AvgIpc) is 3.12. The lowest BCUT2D eigenvalue weighted by atomic mass is 9.80. The van der Waals surface area contributed by atoms with Crippen molar-refractivity contribution in [1.29, 1.82) is 0 Å². The number of hydrogen-bond acceptors (Lipinski definition) is 3. The first-order valence-electron chi connectivity index (χ1n) is 9.80. The molecule has 0 spiro atoms. The lowest BCUT2D eigenvalue weighted by Gasteiger charge is -2.37. The number of carbonyl (C=O) groups excluding carboxylic acids is 1. The van der Waals surface area contributed by atoms with E-state index in [1.165, 1.54) is 5.56 Å². The van der Waals surface area contributed by atoms with E-state index in [1.54, 1.807) is 0 Å². The molecule has 2 atom stereocenters. The summed E-state index contributed by atoms with van der Waals surface area (Å²) < 4.78 is 39.4. The number of fused-ring (bicyclic) bond motifs is 1. The Balaban J connectivity index is 1.99. The molecule has 0 aromatic heterocycles. The minimum atomic E-state index is -5.00. The highest BCUT2D eigenvalue weighted by atomic mass is 19.4. The van der Waals surface area contributed by atoms with Crippen LogP contribution in [0.15, 0.2) is 12.1 Å². The van der Waals surface area contributed by atoms with Crippen LogP contribution in [0.2, 0.25) is 0 Å². The van der Waals surface area contributed by atoms with Crippen molar-refractivity contribution in [2.75, 3.05) is 13.1 Å². The van der Waals surface area contributed by atoms with Gasteiger partial charge in [0.25, 0.3) is 5.91 Å². The van der Waals surface area contributed by atoms with Crippen molar-refractivity contribution in [3.05, 3.63) is 34.4 Å². The maximum absolute atomic E-state index is 13.1. The molecule has 1 amide bonds. The number of rotatable bonds is 2. The topological polar surface area (TPSA) is 52.6 Å². The van der Waals surface area contributed by atoms with Crippen molar-refractivity contribution in [1.82, 2.24) is 10.2 Å². The summed E-state index contributed by atoms with van der Waals surface area (Å²) in [4.78, 5) is 13.6. The second kappa shape index (κ2) is 7.02. The monoisotopic (exact) mass is 398 g/mol. The van der Waals surface area contributed by atoms with Crippen LogP contribution < -0.4 is 5.32 Å². The van der Waals surface area contributed by atoms with Crippen molar-refractivity contribution in [2.45, 2.75) is 76.7 Å². The fourth-order valence-electron chi connectivity index (χ4n) is 3.99. The third kappa shape index (κ3) is 3.79. The Morgan fingerprint density at radius 1 is 1.21 bits per heavy atom. The van der Waals surface area contributed by atoms with Gasteiger partial charge in [-0.25, -0.2) is 0 Å². The molecule has 7 heteroatoms. The summed E-state index contributed by atoms with van der Waals surface area (Å²) in [5, 5.41) is 13.3. The Morgan fingerprint density at radius 3 is 2.43 bits per heavy atom. The Labute approximate surface area is 164 Å². The van der Waals surface area contributed by atoms with E-state index in [2.05, 4.69) is 38.2 Å². The number of hydrogen-bond donors (Lipinski definition) is 2. The second-order valence-corrected chi connectivity index (χ2v) is 9.15. The molecule has 0 radical (unpaired) electrons. The summed E-state index contributed by atoms with van der Waals surface area (Å²) in [6.07, 6.45) is -2.51. The van der Waals surface area contributed by atoms with Gasteiger partial charge in [0, 0.05) is 19.1 Å². The van der Waals surface area contributed by atoms with Crippen molar-refractivity contribution < 1.29 is 23.1 Å². The number of nitrogens with one attached hydrogen (secondary N) is 1. The van der Waals surface area contributed by atoms with Crippen LogP contribution in [-0.4, -0.2) is 40.8 Å². The van der Waals surface area contributed by atoms with Crippen LogP contribution in [0.4, 0.5) is 13.2 Å². The molecular weight excluding hydrogens is 369 g/mol. The maximum atomic E-state index is 13.1. The third-order valence-corrected chi connectivity index (χ3v) is 5.93. The van der Waals surface area contributed by atoms with Gasteiger partial charge in [-0.2, -0.15) is 13.2 Å². The van der Waals surface area contributed by atoms with Gasteiger partial charge in [-0.3, -0.25) is 4.79 Å². The van der Waals surface area contributed by atoms with Crippen LogP contribution in [-0.2, 0) is 23.2 Å². The van der Waals surface area contributed by atoms with Gasteiger partial charge in [-0.15, -0.1) is 0 Å². The molecule has 0 bridgehead atoms. The molecule has 1 saturated heterocycles. The summed E-state index contributed by atoms with van der Waals surface area (Å²) in [5.74, 6) is -1.28. The number of halogens is 3. The fraction of sp³-hybridized carbons (Fsp3) is 0.667. The maximum Gasteiger partial charge on any atom is 0.426 e. The molecule has 0 unspecified atom stereocenters. The Bertz CT molecular complexity index is 760. The van der Waals surface area contributed by atoms with E-state index in [0.29, 0.717) is 13.3 Å². The van der Waals surface area contributed by atoms with Crippen molar-refractivity contribution in [3.8, 4) is 0 Å². The molecule has 3 rings (SSSR count). The first-order valence-corrected chi connectivity index (χ1v) is 9.80. The summed E-state index contributed by atoms with van der Waals surface area (Å²) in [6, 6.07) is 4.41. The van der Waals surface area contributed by atoms with E-state index in [-0.39, 0.29) is 24.5 Å². The predicted octanol–water partition coefficient (Wildman–Crippen LogP) is 3.61. The number of amides is 1. The minimum absolute atomic E-state index is 0.0463. The van der Waals surface area contributed by atoms with Gasteiger partial charge in [-0.1, -0.05) is 32.9 Å². The molecule has 1 aromatic rings. The number of aliphatic hydroxyl groups is 1. The number of alkyl halides is 3. The lowest BCUT2D eigenvalue weighted by molar-refractivity contribution is -0.250. The zero-order valence-corrected chi connectivity index (χ0v) is 16.9. The minimum Gasteiger partial charge on any atom is -0.373 e. The molecule has 2 heterocycles. The van der Waals surface area contributed by atoms with Gasteiger partial charge in [0.15, 0.2) is 0 Å². The molecule has 156 valence electrons. The smallest absolute Gasteiger partial charge is 0.373 e. The van der Waals surface area contributed by atoms with Crippen molar-refractivity contribution in [3.63, 3.8) is 0 Å². The molecule has 0 aliphatic carbocycles. The van der Waals surface area contributed by atoms with Gasteiger partial charge < -0.3 is 15.3 Å². The summed E-state index contributed by atoms with van der Waals surface area (Å²) >= 11 is 0. The van der Waals surface area contributed by atoms with Gasteiger partial charge in [0.1, 0.15) is 0 Å². The molecule has 4 nitrogen and oxygen atoms in total. The highest BCUT2D eigenvalue weighted by Crippen LogP contribution is 2.38. The summed E-state index contributed by atoms with van der Waals surface area (Å²) in [7, 11) is 0. The third-order valence-electron chi connectivity index (χ3n) is 5.93. The van der Waals surface area contributed by atoms with E-state index in [1.807, 2.05) is 0 Å². The van der Waals surface area contributed by atoms with E-state index in [4.69, 9.17) is 0 Å². The number of benzene rings is 1. The van der Waals surface area contributed by atoms with Gasteiger partial charge in [0.2, 0.25) is 5.60 Å². The number of nitrogens with zero attached hydrogens (tertiary/aromatic N) is 1. The van der Waals surface area contributed by atoms with Gasteiger partial charge in [-0.05, 0) is 60.4 Å². The van der Waals surface area contributed by atoms with E-state index < -0.39 is 17.7 Å². The largest absolute Gasteiger partial charge is 0.426 e. The van der Waals surface area contributed by atoms with E-state index >= 15 is 0 Å². The van der Waals surface area contributed by atoms with Crippen LogP contribution >= 0.6 is 0 Å². The van der Waals surface area contributed by atoms with E-state index in [0.717, 1.165) is 41.0 Å². The van der Waals surface area contributed by atoms with E-state index in [9.17, 15) is 23.1 Å². The first kappa shape index (κ1) is 21.1. The van der Waals surface area contributed by atoms with Crippen LogP contribution in [0.5, 0.6) is 0 Å². The van der Waals surface area contributed by atoms with Crippen LogP contribution in [0.1, 0.15) is 68.8 Å². The van der Waals surface area contributed by atoms with Crippen molar-refractivity contribution >= 4 is 5.91 Å². The quantitative estimate of drug-likeness (QED) is 0.800.